The summed E-state index contributed by atoms with van der Waals surface area (Å²) < 4.78 is 31.7. The first-order chi connectivity index (χ1) is 9.73. The standard InChI is InChI=1S/C12H18N2O6S/c1-4-14(8-11(15)20-5-2)21(18,19)9-6-10(12(16)17)13(3)7-9/h6-7H,4-5,8H2,1-3H3,(H,16,17). The molecule has 21 heavy (non-hydrogen) atoms. The first-order valence-corrected chi connectivity index (χ1v) is 7.73. The lowest BCUT2D eigenvalue weighted by Gasteiger charge is -2.18. The van der Waals surface area contributed by atoms with E-state index in [0.717, 1.165) is 10.4 Å². The third-order valence-electron chi connectivity index (χ3n) is 2.80. The molecular formula is C12H18N2O6S. The first-order valence-electron chi connectivity index (χ1n) is 6.29. The zero-order valence-corrected chi connectivity index (χ0v) is 12.9. The van der Waals surface area contributed by atoms with E-state index in [-0.39, 0.29) is 23.7 Å². The maximum Gasteiger partial charge on any atom is 0.352 e. The predicted molar refractivity (Wildman–Crippen MR) is 73.4 cm³/mol. The number of rotatable bonds is 7. The van der Waals surface area contributed by atoms with Crippen LogP contribution < -0.4 is 0 Å². The fraction of sp³-hybridized carbons (Fsp3) is 0.500. The van der Waals surface area contributed by atoms with Crippen molar-refractivity contribution in [1.82, 2.24) is 8.87 Å². The normalized spacial score (nSPS) is 11.6. The van der Waals surface area contributed by atoms with Gasteiger partial charge in [-0.2, -0.15) is 4.31 Å². The molecule has 0 unspecified atom stereocenters. The molecule has 0 spiro atoms. The van der Waals surface area contributed by atoms with Crippen molar-refractivity contribution in [3.63, 3.8) is 0 Å². The number of esters is 1. The molecule has 118 valence electrons. The average Bonchev–Trinajstić information content (AvgIpc) is 2.79. The van der Waals surface area contributed by atoms with Crippen LogP contribution in [0.1, 0.15) is 24.3 Å². The Hall–Kier alpha value is -1.87. The predicted octanol–water partition coefficient (Wildman–Crippen LogP) is 0.297. The van der Waals surface area contributed by atoms with Gasteiger partial charge in [-0.15, -0.1) is 0 Å². The summed E-state index contributed by atoms with van der Waals surface area (Å²) in [7, 11) is -2.52. The molecule has 0 aliphatic heterocycles. The highest BCUT2D eigenvalue weighted by atomic mass is 32.2. The van der Waals surface area contributed by atoms with Crippen molar-refractivity contribution in [2.45, 2.75) is 18.7 Å². The molecule has 0 fully saturated rings. The molecule has 0 aliphatic carbocycles. The summed E-state index contributed by atoms with van der Waals surface area (Å²) in [4.78, 5) is 22.2. The Labute approximate surface area is 123 Å². The highest BCUT2D eigenvalue weighted by Crippen LogP contribution is 2.18. The quantitative estimate of drug-likeness (QED) is 0.725. The number of carbonyl (C=O) groups excluding carboxylic acids is 1. The molecule has 1 N–H and O–H groups in total. The van der Waals surface area contributed by atoms with E-state index < -0.39 is 28.5 Å². The van der Waals surface area contributed by atoms with Crippen LogP contribution in [0.25, 0.3) is 0 Å². The summed E-state index contributed by atoms with van der Waals surface area (Å²) in [6.07, 6.45) is 1.20. The molecule has 1 heterocycles. The highest BCUT2D eigenvalue weighted by Gasteiger charge is 2.28. The molecule has 0 bridgehead atoms. The van der Waals surface area contributed by atoms with Crippen LogP contribution in [0.5, 0.6) is 0 Å². The molecule has 8 nitrogen and oxygen atoms in total. The Morgan fingerprint density at radius 3 is 2.43 bits per heavy atom. The lowest BCUT2D eigenvalue weighted by atomic mass is 10.4. The molecule has 0 saturated carbocycles. The Morgan fingerprint density at radius 1 is 1.38 bits per heavy atom. The minimum absolute atomic E-state index is 0.0679. The summed E-state index contributed by atoms with van der Waals surface area (Å²) in [6, 6.07) is 1.06. The number of ether oxygens (including phenoxy) is 1. The van der Waals surface area contributed by atoms with Gasteiger partial charge >= 0.3 is 11.9 Å². The monoisotopic (exact) mass is 318 g/mol. The second kappa shape index (κ2) is 6.72. The number of aromatic nitrogens is 1. The Kier molecular flexibility index (Phi) is 5.50. The van der Waals surface area contributed by atoms with Gasteiger partial charge in [0.15, 0.2) is 0 Å². The van der Waals surface area contributed by atoms with Gasteiger partial charge in [-0.1, -0.05) is 6.92 Å². The Bertz CT molecular complexity index is 634. The first kappa shape index (κ1) is 17.2. The molecule has 0 amide bonds. The zero-order chi connectivity index (χ0) is 16.2. The number of nitrogens with zero attached hydrogens (tertiary/aromatic N) is 2. The minimum Gasteiger partial charge on any atom is -0.477 e. The van der Waals surface area contributed by atoms with E-state index in [0.29, 0.717) is 0 Å². The number of hydrogen-bond acceptors (Lipinski definition) is 5. The van der Waals surface area contributed by atoms with Crippen LogP contribution in [0.4, 0.5) is 0 Å². The summed E-state index contributed by atoms with van der Waals surface area (Å²) in [5, 5.41) is 8.95. The second-order valence-corrected chi connectivity index (χ2v) is 6.15. The summed E-state index contributed by atoms with van der Waals surface area (Å²) >= 11 is 0. The molecule has 1 aromatic rings. The molecule has 0 atom stereocenters. The van der Waals surface area contributed by atoms with Crippen molar-refractivity contribution in [3.8, 4) is 0 Å². The lowest BCUT2D eigenvalue weighted by Crippen LogP contribution is -2.36. The van der Waals surface area contributed by atoms with Crippen LogP contribution >= 0.6 is 0 Å². The van der Waals surface area contributed by atoms with Crippen LogP contribution in [-0.4, -0.2) is 54.0 Å². The fourth-order valence-corrected chi connectivity index (χ4v) is 3.22. The van der Waals surface area contributed by atoms with Crippen molar-refractivity contribution in [3.05, 3.63) is 18.0 Å². The maximum atomic E-state index is 12.4. The number of aryl methyl sites for hydroxylation is 1. The van der Waals surface area contributed by atoms with Crippen molar-refractivity contribution >= 4 is 22.0 Å². The lowest BCUT2D eigenvalue weighted by molar-refractivity contribution is -0.143. The number of carbonyl (C=O) groups is 2. The van der Waals surface area contributed by atoms with E-state index in [9.17, 15) is 18.0 Å². The molecular weight excluding hydrogens is 300 g/mol. The number of carboxylic acid groups (broad SMARTS) is 1. The third-order valence-corrected chi connectivity index (χ3v) is 4.69. The van der Waals surface area contributed by atoms with E-state index >= 15 is 0 Å². The summed E-state index contributed by atoms with van der Waals surface area (Å²) in [6.45, 7) is 3.02. The van der Waals surface area contributed by atoms with E-state index in [1.165, 1.54) is 17.8 Å². The highest BCUT2D eigenvalue weighted by molar-refractivity contribution is 7.89. The van der Waals surface area contributed by atoms with Crippen LogP contribution in [0.2, 0.25) is 0 Å². The smallest absolute Gasteiger partial charge is 0.352 e. The van der Waals surface area contributed by atoms with E-state index in [1.54, 1.807) is 13.8 Å². The number of sulfonamides is 1. The minimum atomic E-state index is -3.95. The van der Waals surface area contributed by atoms with E-state index in [4.69, 9.17) is 9.84 Å². The molecule has 0 aliphatic rings. The maximum absolute atomic E-state index is 12.4. The average molecular weight is 318 g/mol. The van der Waals surface area contributed by atoms with Crippen LogP contribution in [0.3, 0.4) is 0 Å². The summed E-state index contributed by atoms with van der Waals surface area (Å²) in [5.74, 6) is -1.88. The van der Waals surface area contributed by atoms with Gasteiger partial charge in [0.25, 0.3) is 0 Å². The van der Waals surface area contributed by atoms with Gasteiger partial charge in [0.2, 0.25) is 10.0 Å². The molecule has 1 aromatic heterocycles. The van der Waals surface area contributed by atoms with Crippen molar-refractivity contribution in [1.29, 1.82) is 0 Å². The Morgan fingerprint density at radius 2 is 2.00 bits per heavy atom. The number of likely N-dealkylation sites (N-methyl/N-ethyl adjacent to an activating group) is 1. The second-order valence-electron chi connectivity index (χ2n) is 4.21. The van der Waals surface area contributed by atoms with Crippen molar-refractivity contribution in [2.75, 3.05) is 19.7 Å². The largest absolute Gasteiger partial charge is 0.477 e. The third kappa shape index (κ3) is 3.82. The number of aromatic carboxylic acids is 1. The van der Waals surface area contributed by atoms with Gasteiger partial charge < -0.3 is 14.4 Å². The number of hydrogen-bond donors (Lipinski definition) is 1. The van der Waals surface area contributed by atoms with Gasteiger partial charge in [0, 0.05) is 19.8 Å². The van der Waals surface area contributed by atoms with Crippen molar-refractivity contribution < 1.29 is 27.9 Å². The topological polar surface area (TPSA) is 106 Å². The molecule has 0 aromatic carbocycles. The number of carboxylic acids is 1. The fourth-order valence-electron chi connectivity index (χ4n) is 1.75. The van der Waals surface area contributed by atoms with Gasteiger partial charge in [0.1, 0.15) is 17.1 Å². The van der Waals surface area contributed by atoms with Gasteiger partial charge in [-0.3, -0.25) is 4.79 Å². The van der Waals surface area contributed by atoms with Crippen molar-refractivity contribution in [2.24, 2.45) is 7.05 Å². The van der Waals surface area contributed by atoms with Crippen LogP contribution in [0, 0.1) is 0 Å². The molecule has 9 heteroatoms. The molecule has 0 saturated heterocycles. The van der Waals surface area contributed by atoms with Crippen LogP contribution in [-0.2, 0) is 26.6 Å². The van der Waals surface area contributed by atoms with Gasteiger partial charge in [-0.25, -0.2) is 13.2 Å². The molecule has 1 rings (SSSR count). The molecule has 0 radical (unpaired) electrons. The van der Waals surface area contributed by atoms with Crippen LogP contribution in [0.15, 0.2) is 17.2 Å². The summed E-state index contributed by atoms with van der Waals surface area (Å²) in [5.41, 5.74) is -0.152. The van der Waals surface area contributed by atoms with E-state index in [2.05, 4.69) is 0 Å². The van der Waals surface area contributed by atoms with Gasteiger partial charge in [-0.05, 0) is 13.0 Å². The SMILES string of the molecule is CCOC(=O)CN(CC)S(=O)(=O)c1cc(C(=O)O)n(C)c1. The zero-order valence-electron chi connectivity index (χ0n) is 12.1. The van der Waals surface area contributed by atoms with E-state index in [1.807, 2.05) is 0 Å². The van der Waals surface area contributed by atoms with Gasteiger partial charge in [0.05, 0.1) is 6.61 Å². The Balaban J connectivity index is 3.10.